The molecule has 2 aromatic heterocycles. The van der Waals surface area contributed by atoms with Gasteiger partial charge in [-0.2, -0.15) is 18.2 Å². The van der Waals surface area contributed by atoms with E-state index in [1.165, 1.54) is 12.3 Å². The maximum atomic E-state index is 12.4. The van der Waals surface area contributed by atoms with Gasteiger partial charge in [0.25, 0.3) is 0 Å². The fourth-order valence-corrected chi connectivity index (χ4v) is 1.19. The summed E-state index contributed by atoms with van der Waals surface area (Å²) in [4.78, 5) is 11.1. The summed E-state index contributed by atoms with van der Waals surface area (Å²) in [7, 11) is 1.58. The highest BCUT2D eigenvalue weighted by Crippen LogP contribution is 2.28. The van der Waals surface area contributed by atoms with E-state index in [4.69, 9.17) is 0 Å². The van der Waals surface area contributed by atoms with Gasteiger partial charge in [0.05, 0.1) is 0 Å². The van der Waals surface area contributed by atoms with Gasteiger partial charge in [-0.1, -0.05) is 0 Å². The maximum absolute atomic E-state index is 12.4. The van der Waals surface area contributed by atoms with Gasteiger partial charge in [0.1, 0.15) is 5.69 Å². The highest BCUT2D eigenvalue weighted by Gasteiger charge is 2.32. The third kappa shape index (κ3) is 1.88. The van der Waals surface area contributed by atoms with Crippen LogP contribution in [0.3, 0.4) is 0 Å². The van der Waals surface area contributed by atoms with Crippen molar-refractivity contribution < 1.29 is 13.2 Å². The molecule has 0 aliphatic carbocycles. The molecular formula is C9H7F3N4. The van der Waals surface area contributed by atoms with Crippen molar-refractivity contribution in [2.45, 2.75) is 6.18 Å². The minimum atomic E-state index is -4.46. The molecule has 0 amide bonds. The molecule has 0 unspecified atom stereocenters. The number of anilines is 1. The molecule has 0 aliphatic rings. The number of nitrogens with zero attached hydrogens (tertiary/aromatic N) is 3. The number of halogens is 3. The second-order valence-corrected chi connectivity index (χ2v) is 3.05. The fourth-order valence-electron chi connectivity index (χ4n) is 1.19. The summed E-state index contributed by atoms with van der Waals surface area (Å²) in [6.45, 7) is 0. The third-order valence-corrected chi connectivity index (χ3v) is 1.96. The molecule has 2 aromatic rings. The topological polar surface area (TPSA) is 50.7 Å². The van der Waals surface area contributed by atoms with Gasteiger partial charge in [-0.25, -0.2) is 9.97 Å². The van der Waals surface area contributed by atoms with E-state index in [2.05, 4.69) is 20.3 Å². The Bertz CT molecular complexity index is 524. The van der Waals surface area contributed by atoms with Crippen LogP contribution in [0.1, 0.15) is 5.69 Å². The first kappa shape index (κ1) is 10.6. The average molecular weight is 228 g/mol. The summed E-state index contributed by atoms with van der Waals surface area (Å²) in [6.07, 6.45) is -3.04. The number of hydrogen-bond donors (Lipinski definition) is 1. The van der Waals surface area contributed by atoms with Crippen LogP contribution < -0.4 is 5.32 Å². The Labute approximate surface area is 88.5 Å². The van der Waals surface area contributed by atoms with Crippen LogP contribution in [0, 0.1) is 0 Å². The first-order valence-corrected chi connectivity index (χ1v) is 4.39. The van der Waals surface area contributed by atoms with Gasteiger partial charge in [-0.15, -0.1) is 0 Å². The van der Waals surface area contributed by atoms with Crippen LogP contribution in [0.15, 0.2) is 18.3 Å². The Morgan fingerprint density at radius 1 is 1.19 bits per heavy atom. The van der Waals surface area contributed by atoms with Crippen molar-refractivity contribution in [3.8, 4) is 0 Å². The molecule has 0 aromatic carbocycles. The second kappa shape index (κ2) is 3.58. The SMILES string of the molecule is CNc1ncc2ccc(C(F)(F)F)nc2n1. The molecule has 0 radical (unpaired) electrons. The molecule has 2 heterocycles. The Morgan fingerprint density at radius 2 is 1.94 bits per heavy atom. The third-order valence-electron chi connectivity index (χ3n) is 1.96. The molecular weight excluding hydrogens is 221 g/mol. The number of fused-ring (bicyclic) bond motifs is 1. The Kier molecular flexibility index (Phi) is 2.37. The molecule has 7 heteroatoms. The first-order valence-electron chi connectivity index (χ1n) is 4.39. The minimum absolute atomic E-state index is 0.0224. The van der Waals surface area contributed by atoms with Gasteiger partial charge >= 0.3 is 6.18 Å². The van der Waals surface area contributed by atoms with Gasteiger partial charge < -0.3 is 5.32 Å². The van der Waals surface area contributed by atoms with Crippen LogP contribution in [-0.4, -0.2) is 22.0 Å². The summed E-state index contributed by atoms with van der Waals surface area (Å²) >= 11 is 0. The fraction of sp³-hybridized carbons (Fsp3) is 0.222. The van der Waals surface area contributed by atoms with Crippen LogP contribution in [0.2, 0.25) is 0 Å². The monoisotopic (exact) mass is 228 g/mol. The van der Waals surface area contributed by atoms with Crippen LogP contribution >= 0.6 is 0 Å². The van der Waals surface area contributed by atoms with Crippen molar-refractivity contribution in [1.29, 1.82) is 0 Å². The number of pyridine rings is 1. The van der Waals surface area contributed by atoms with E-state index in [-0.39, 0.29) is 11.6 Å². The van der Waals surface area contributed by atoms with Gasteiger partial charge in [0, 0.05) is 18.6 Å². The highest BCUT2D eigenvalue weighted by molar-refractivity contribution is 5.74. The van der Waals surface area contributed by atoms with Crippen LogP contribution in [0.25, 0.3) is 11.0 Å². The lowest BCUT2D eigenvalue weighted by Gasteiger charge is -2.06. The van der Waals surface area contributed by atoms with Gasteiger partial charge in [0.15, 0.2) is 5.65 Å². The molecule has 0 saturated carbocycles. The molecule has 0 spiro atoms. The summed E-state index contributed by atoms with van der Waals surface area (Å²) < 4.78 is 37.1. The highest BCUT2D eigenvalue weighted by atomic mass is 19.4. The zero-order chi connectivity index (χ0) is 11.8. The number of aromatic nitrogens is 3. The molecule has 0 fully saturated rings. The summed E-state index contributed by atoms with van der Waals surface area (Å²) in [5.41, 5.74) is -0.935. The van der Waals surface area contributed by atoms with E-state index in [0.29, 0.717) is 5.39 Å². The van der Waals surface area contributed by atoms with Crippen LogP contribution in [0.4, 0.5) is 19.1 Å². The number of alkyl halides is 3. The number of hydrogen-bond acceptors (Lipinski definition) is 4. The minimum Gasteiger partial charge on any atom is -0.357 e. The summed E-state index contributed by atoms with van der Waals surface area (Å²) in [5, 5.41) is 3.10. The number of rotatable bonds is 1. The van der Waals surface area contributed by atoms with Gasteiger partial charge in [-0.05, 0) is 12.1 Å². The number of nitrogens with one attached hydrogen (secondary N) is 1. The Balaban J connectivity index is 2.59. The largest absolute Gasteiger partial charge is 0.433 e. The van der Waals surface area contributed by atoms with Crippen LogP contribution in [0.5, 0.6) is 0 Å². The standard InChI is InChI=1S/C9H7F3N4/c1-13-8-14-4-5-2-3-6(9(10,11)12)15-7(5)16-8/h2-4H,1H3,(H,13,14,15,16). The van der Waals surface area contributed by atoms with E-state index in [9.17, 15) is 13.2 Å². The van der Waals surface area contributed by atoms with E-state index >= 15 is 0 Å². The van der Waals surface area contributed by atoms with E-state index in [0.717, 1.165) is 6.07 Å². The van der Waals surface area contributed by atoms with Crippen molar-refractivity contribution in [3.05, 3.63) is 24.0 Å². The molecule has 84 valence electrons. The lowest BCUT2D eigenvalue weighted by atomic mass is 10.3. The van der Waals surface area contributed by atoms with E-state index < -0.39 is 11.9 Å². The molecule has 1 N–H and O–H groups in total. The van der Waals surface area contributed by atoms with Crippen molar-refractivity contribution in [2.24, 2.45) is 0 Å². The van der Waals surface area contributed by atoms with E-state index in [1.807, 2.05) is 0 Å². The van der Waals surface area contributed by atoms with Gasteiger partial charge in [0.2, 0.25) is 5.95 Å². The predicted octanol–water partition coefficient (Wildman–Crippen LogP) is 2.09. The van der Waals surface area contributed by atoms with Crippen molar-refractivity contribution in [3.63, 3.8) is 0 Å². The van der Waals surface area contributed by atoms with Crippen LogP contribution in [-0.2, 0) is 6.18 Å². The smallest absolute Gasteiger partial charge is 0.357 e. The quantitative estimate of drug-likeness (QED) is 0.811. The zero-order valence-electron chi connectivity index (χ0n) is 8.21. The molecule has 0 atom stereocenters. The maximum Gasteiger partial charge on any atom is 0.433 e. The Morgan fingerprint density at radius 3 is 2.56 bits per heavy atom. The van der Waals surface area contributed by atoms with Gasteiger partial charge in [-0.3, -0.25) is 0 Å². The summed E-state index contributed by atoms with van der Waals surface area (Å²) in [6, 6.07) is 2.20. The first-order chi connectivity index (χ1) is 7.50. The molecule has 2 rings (SSSR count). The van der Waals surface area contributed by atoms with Crippen molar-refractivity contribution >= 4 is 17.0 Å². The zero-order valence-corrected chi connectivity index (χ0v) is 8.21. The van der Waals surface area contributed by atoms with E-state index in [1.54, 1.807) is 7.05 Å². The van der Waals surface area contributed by atoms with Crippen molar-refractivity contribution in [2.75, 3.05) is 12.4 Å². The molecule has 4 nitrogen and oxygen atoms in total. The lowest BCUT2D eigenvalue weighted by Crippen LogP contribution is -2.08. The predicted molar refractivity (Wildman–Crippen MR) is 51.9 cm³/mol. The molecule has 16 heavy (non-hydrogen) atoms. The normalized spacial score (nSPS) is 11.8. The second-order valence-electron chi connectivity index (χ2n) is 3.05. The van der Waals surface area contributed by atoms with Crippen molar-refractivity contribution in [1.82, 2.24) is 15.0 Å². The summed E-state index contributed by atoms with van der Waals surface area (Å²) in [5.74, 6) is 0.235. The Hall–Kier alpha value is -1.92. The average Bonchev–Trinajstić information content (AvgIpc) is 2.26. The lowest BCUT2D eigenvalue weighted by molar-refractivity contribution is -0.141. The molecule has 0 bridgehead atoms. The molecule has 0 saturated heterocycles. The molecule has 0 aliphatic heterocycles.